The average molecular weight is 221 g/mol. The molecule has 0 aromatic carbocycles. The third kappa shape index (κ3) is 2.57. The van der Waals surface area contributed by atoms with Crippen molar-refractivity contribution in [2.75, 3.05) is 0 Å². The number of hydrogen-bond donors (Lipinski definition) is 1. The first-order valence-corrected chi connectivity index (χ1v) is 5.54. The van der Waals surface area contributed by atoms with E-state index < -0.39 is 0 Å². The highest BCUT2D eigenvalue weighted by atomic mass is 32.2. The van der Waals surface area contributed by atoms with Gasteiger partial charge in [0.05, 0.1) is 12.0 Å². The highest BCUT2D eigenvalue weighted by Crippen LogP contribution is 2.23. The molecule has 0 aliphatic rings. The second-order valence-corrected chi connectivity index (χ2v) is 3.90. The van der Waals surface area contributed by atoms with Gasteiger partial charge in [-0.1, -0.05) is 11.8 Å². The molecular weight excluding hydrogens is 210 g/mol. The van der Waals surface area contributed by atoms with Gasteiger partial charge in [0, 0.05) is 18.3 Å². The maximum atomic E-state index is 5.60. The van der Waals surface area contributed by atoms with Crippen molar-refractivity contribution >= 4 is 11.8 Å². The summed E-state index contributed by atoms with van der Waals surface area (Å²) in [4.78, 5) is 0. The average Bonchev–Trinajstić information content (AvgIpc) is 2.79. The maximum absolute atomic E-state index is 5.60. The molecule has 0 amide bonds. The quantitative estimate of drug-likeness (QED) is 0.798. The minimum Gasteiger partial charge on any atom is -0.468 e. The van der Waals surface area contributed by atoms with Crippen molar-refractivity contribution in [1.29, 1.82) is 0 Å². The lowest BCUT2D eigenvalue weighted by molar-refractivity contribution is 0.530. The van der Waals surface area contributed by atoms with Gasteiger partial charge in [0.25, 0.3) is 0 Å². The molecule has 2 N–H and O–H groups in total. The summed E-state index contributed by atoms with van der Waals surface area (Å²) in [6, 6.07) is 5.69. The number of hydrogen-bond acceptors (Lipinski definition) is 5. The van der Waals surface area contributed by atoms with E-state index in [1.165, 1.54) is 0 Å². The van der Waals surface area contributed by atoms with Gasteiger partial charge in [0.2, 0.25) is 0 Å². The minimum absolute atomic E-state index is 0.482. The number of furan rings is 1. The monoisotopic (exact) mass is 221 g/mol. The van der Waals surface area contributed by atoms with E-state index in [9.17, 15) is 0 Å². The molecule has 15 heavy (non-hydrogen) atoms. The van der Waals surface area contributed by atoms with Gasteiger partial charge in [-0.2, -0.15) is 5.10 Å². The summed E-state index contributed by atoms with van der Waals surface area (Å²) in [7, 11) is 0. The van der Waals surface area contributed by atoms with Crippen molar-refractivity contribution < 1.29 is 4.42 Å². The van der Waals surface area contributed by atoms with Gasteiger partial charge in [-0.25, -0.2) is 0 Å². The van der Waals surface area contributed by atoms with E-state index in [-0.39, 0.29) is 0 Å². The first-order chi connectivity index (χ1) is 7.40. The van der Waals surface area contributed by atoms with Gasteiger partial charge >= 0.3 is 0 Å². The van der Waals surface area contributed by atoms with Crippen LogP contribution in [0.4, 0.5) is 0 Å². The van der Waals surface area contributed by atoms with Crippen LogP contribution >= 0.6 is 11.8 Å². The number of rotatable bonds is 4. The predicted molar refractivity (Wildman–Crippen MR) is 58.2 cm³/mol. The van der Waals surface area contributed by atoms with E-state index in [4.69, 9.17) is 10.2 Å². The minimum atomic E-state index is 0.482. The van der Waals surface area contributed by atoms with Crippen LogP contribution in [0.3, 0.4) is 0 Å². The highest BCUT2D eigenvalue weighted by Gasteiger charge is 2.04. The van der Waals surface area contributed by atoms with Crippen LogP contribution in [0.2, 0.25) is 0 Å². The van der Waals surface area contributed by atoms with E-state index in [1.54, 1.807) is 24.2 Å². The van der Waals surface area contributed by atoms with E-state index in [0.717, 1.165) is 22.1 Å². The summed E-state index contributed by atoms with van der Waals surface area (Å²) in [5.74, 6) is 1.67. The maximum Gasteiger partial charge on any atom is 0.124 e. The molecule has 2 heterocycles. The molecule has 5 heteroatoms. The number of thioether (sulfide) groups is 1. The predicted octanol–water partition coefficient (Wildman–Crippen LogP) is 1.82. The Morgan fingerprint density at radius 1 is 1.40 bits per heavy atom. The fourth-order valence-electron chi connectivity index (χ4n) is 1.16. The lowest BCUT2D eigenvalue weighted by Gasteiger charge is -2.02. The van der Waals surface area contributed by atoms with E-state index in [2.05, 4.69) is 10.2 Å². The van der Waals surface area contributed by atoms with Crippen LogP contribution in [0.15, 0.2) is 40.1 Å². The molecule has 0 saturated heterocycles. The van der Waals surface area contributed by atoms with E-state index >= 15 is 0 Å². The fraction of sp³-hybridized carbons (Fsp3) is 0.200. The Balaban J connectivity index is 2.04. The van der Waals surface area contributed by atoms with Crippen LogP contribution in [0.25, 0.3) is 0 Å². The molecule has 0 atom stereocenters. The normalized spacial score (nSPS) is 10.5. The van der Waals surface area contributed by atoms with E-state index in [0.29, 0.717) is 6.54 Å². The summed E-state index contributed by atoms with van der Waals surface area (Å²) >= 11 is 1.58. The Morgan fingerprint density at radius 3 is 3.07 bits per heavy atom. The zero-order valence-corrected chi connectivity index (χ0v) is 8.91. The van der Waals surface area contributed by atoms with Gasteiger partial charge in [-0.05, 0) is 18.2 Å². The topological polar surface area (TPSA) is 64.9 Å². The van der Waals surface area contributed by atoms with Gasteiger partial charge in [0.1, 0.15) is 10.8 Å². The molecule has 2 aromatic heterocycles. The zero-order valence-electron chi connectivity index (χ0n) is 8.09. The number of nitrogens with two attached hydrogens (primary N) is 1. The van der Waals surface area contributed by atoms with Crippen LogP contribution in [0.1, 0.15) is 11.3 Å². The SMILES string of the molecule is NCc1ccnnc1SCc1ccco1. The molecule has 0 bridgehead atoms. The molecule has 0 aliphatic heterocycles. The molecule has 0 fully saturated rings. The first-order valence-electron chi connectivity index (χ1n) is 4.56. The summed E-state index contributed by atoms with van der Waals surface area (Å²) in [6.07, 6.45) is 3.32. The fourth-order valence-corrected chi connectivity index (χ4v) is 2.04. The largest absolute Gasteiger partial charge is 0.468 e. The standard InChI is InChI=1S/C10H11N3OS/c11-6-8-3-4-12-13-10(8)15-7-9-2-1-5-14-9/h1-5H,6-7,11H2. The van der Waals surface area contributed by atoms with Crippen molar-refractivity contribution in [1.82, 2.24) is 10.2 Å². The Labute approximate surface area is 91.9 Å². The van der Waals surface area contributed by atoms with Gasteiger partial charge in [-0.15, -0.1) is 5.10 Å². The smallest absolute Gasteiger partial charge is 0.124 e. The third-order valence-electron chi connectivity index (χ3n) is 1.92. The van der Waals surface area contributed by atoms with Crippen molar-refractivity contribution in [3.05, 3.63) is 42.0 Å². The lowest BCUT2D eigenvalue weighted by atomic mass is 10.3. The molecule has 0 radical (unpaired) electrons. The van der Waals surface area contributed by atoms with E-state index in [1.807, 2.05) is 18.2 Å². The molecule has 0 spiro atoms. The van der Waals surface area contributed by atoms with Crippen LogP contribution < -0.4 is 5.73 Å². The molecule has 4 nitrogen and oxygen atoms in total. The Kier molecular flexibility index (Phi) is 3.37. The Bertz CT molecular complexity index is 416. The zero-order chi connectivity index (χ0) is 10.5. The van der Waals surface area contributed by atoms with Crippen LogP contribution in [0.5, 0.6) is 0 Å². The van der Waals surface area contributed by atoms with Crippen LogP contribution in [-0.2, 0) is 12.3 Å². The van der Waals surface area contributed by atoms with Crippen molar-refractivity contribution in [2.45, 2.75) is 17.3 Å². The molecule has 0 aliphatic carbocycles. The third-order valence-corrected chi connectivity index (χ3v) is 2.96. The molecule has 78 valence electrons. The van der Waals surface area contributed by atoms with Crippen molar-refractivity contribution in [2.24, 2.45) is 5.73 Å². The van der Waals surface area contributed by atoms with Gasteiger partial charge in [0.15, 0.2) is 0 Å². The summed E-state index contributed by atoms with van der Waals surface area (Å²) in [6.45, 7) is 0.482. The van der Waals surface area contributed by atoms with Gasteiger partial charge < -0.3 is 10.2 Å². The Morgan fingerprint density at radius 2 is 2.33 bits per heavy atom. The van der Waals surface area contributed by atoms with Crippen molar-refractivity contribution in [3.8, 4) is 0 Å². The molecular formula is C10H11N3OS. The van der Waals surface area contributed by atoms with Gasteiger partial charge in [-0.3, -0.25) is 0 Å². The van der Waals surface area contributed by atoms with Crippen LogP contribution in [0, 0.1) is 0 Å². The highest BCUT2D eigenvalue weighted by molar-refractivity contribution is 7.98. The second-order valence-electron chi connectivity index (χ2n) is 2.93. The molecule has 0 unspecified atom stereocenters. The number of nitrogens with zero attached hydrogens (tertiary/aromatic N) is 2. The molecule has 0 saturated carbocycles. The van der Waals surface area contributed by atoms with Crippen molar-refractivity contribution in [3.63, 3.8) is 0 Å². The second kappa shape index (κ2) is 4.95. The molecule has 2 rings (SSSR count). The summed E-state index contributed by atoms with van der Waals surface area (Å²) < 4.78 is 5.23. The molecule has 2 aromatic rings. The first kappa shape index (κ1) is 10.2. The summed E-state index contributed by atoms with van der Waals surface area (Å²) in [5, 5.41) is 8.75. The number of aromatic nitrogens is 2. The lowest BCUT2D eigenvalue weighted by Crippen LogP contribution is -2.00. The summed E-state index contributed by atoms with van der Waals surface area (Å²) in [5.41, 5.74) is 6.61. The Hall–Kier alpha value is -1.33. The van der Waals surface area contributed by atoms with Crippen LogP contribution in [-0.4, -0.2) is 10.2 Å².